The fourth-order valence-electron chi connectivity index (χ4n) is 0.789. The Balaban J connectivity index is 2.69. The highest BCUT2D eigenvalue weighted by molar-refractivity contribution is 7.84. The minimum absolute atomic E-state index is 0.0216. The minimum atomic E-state index is -1.14. The molecule has 1 rings (SSSR count). The van der Waals surface area contributed by atoms with Crippen molar-refractivity contribution in [1.29, 1.82) is 0 Å². The normalized spacial score (nSPS) is 13.1. The van der Waals surface area contributed by atoms with Crippen molar-refractivity contribution < 1.29 is 18.6 Å². The van der Waals surface area contributed by atoms with E-state index < -0.39 is 16.8 Å². The summed E-state index contributed by atoms with van der Waals surface area (Å²) in [7, 11) is -1.05. The topological polar surface area (TPSA) is 80.4 Å². The van der Waals surface area contributed by atoms with Gasteiger partial charge in [-0.25, -0.2) is 4.79 Å². The van der Waals surface area contributed by atoms with Gasteiger partial charge in [-0.2, -0.15) is 0 Å². The third kappa shape index (κ3) is 2.66. The summed E-state index contributed by atoms with van der Waals surface area (Å²) in [6, 6.07) is 1.29. The predicted octanol–water partition coefficient (Wildman–Crippen LogP) is 1.03. The first kappa shape index (κ1) is 10.9. The molecule has 0 saturated heterocycles. The highest BCUT2D eigenvalue weighted by Crippen LogP contribution is 2.08. The Labute approximate surface area is 83.6 Å². The van der Waals surface area contributed by atoms with Crippen LogP contribution in [0.15, 0.2) is 10.6 Å². The maximum atomic E-state index is 11.4. The van der Waals surface area contributed by atoms with Gasteiger partial charge < -0.3 is 9.63 Å². The zero-order chi connectivity index (χ0) is 10.7. The van der Waals surface area contributed by atoms with E-state index in [1.165, 1.54) is 6.07 Å². The monoisotopic (exact) mass is 217 g/mol. The number of hydrogen-bond acceptors (Lipinski definition) is 4. The molecule has 0 aliphatic rings. The molecule has 0 amide bonds. The molecule has 0 radical (unpaired) electrons. The van der Waals surface area contributed by atoms with Crippen molar-refractivity contribution in [2.45, 2.75) is 24.9 Å². The maximum Gasteiger partial charge on any atom is 0.358 e. The molecule has 0 aliphatic heterocycles. The second-order valence-electron chi connectivity index (χ2n) is 3.06. The average molecular weight is 217 g/mol. The van der Waals surface area contributed by atoms with Gasteiger partial charge in [0.1, 0.15) is 5.76 Å². The van der Waals surface area contributed by atoms with E-state index in [4.69, 9.17) is 9.63 Å². The van der Waals surface area contributed by atoms with Crippen molar-refractivity contribution in [1.82, 2.24) is 5.16 Å². The summed E-state index contributed by atoms with van der Waals surface area (Å²) in [5.41, 5.74) is -0.152. The Morgan fingerprint density at radius 3 is 2.79 bits per heavy atom. The zero-order valence-corrected chi connectivity index (χ0v) is 8.71. The predicted molar refractivity (Wildman–Crippen MR) is 50.4 cm³/mol. The number of carboxylic acids is 1. The number of carboxylic acid groups (broad SMARTS) is 1. The van der Waals surface area contributed by atoms with E-state index in [1.54, 1.807) is 0 Å². The van der Waals surface area contributed by atoms with Crippen LogP contribution in [0.1, 0.15) is 30.1 Å². The first-order valence-electron chi connectivity index (χ1n) is 4.06. The summed E-state index contributed by atoms with van der Waals surface area (Å²) >= 11 is 0. The molecule has 0 saturated carbocycles. The summed E-state index contributed by atoms with van der Waals surface area (Å²) in [6.07, 6.45) is 0. The van der Waals surface area contributed by atoms with Crippen molar-refractivity contribution in [2.24, 2.45) is 0 Å². The van der Waals surface area contributed by atoms with E-state index in [1.807, 2.05) is 13.8 Å². The number of aromatic nitrogens is 1. The van der Waals surface area contributed by atoms with Gasteiger partial charge >= 0.3 is 5.97 Å². The minimum Gasteiger partial charge on any atom is -0.476 e. The summed E-state index contributed by atoms with van der Waals surface area (Å²) in [4.78, 5) is 10.4. The van der Waals surface area contributed by atoms with Crippen molar-refractivity contribution in [3.8, 4) is 0 Å². The van der Waals surface area contributed by atoms with Crippen molar-refractivity contribution in [3.63, 3.8) is 0 Å². The van der Waals surface area contributed by atoms with Gasteiger partial charge in [0.2, 0.25) is 0 Å². The summed E-state index contributed by atoms with van der Waals surface area (Å²) in [5, 5.41) is 11.9. The van der Waals surface area contributed by atoms with Crippen LogP contribution in [0.25, 0.3) is 0 Å². The quantitative estimate of drug-likeness (QED) is 0.814. The number of hydrogen-bond donors (Lipinski definition) is 1. The first-order valence-corrected chi connectivity index (χ1v) is 5.45. The molecule has 0 spiro atoms. The molecular weight excluding hydrogens is 206 g/mol. The van der Waals surface area contributed by atoms with Gasteiger partial charge in [-0.05, 0) is 0 Å². The molecule has 78 valence electrons. The van der Waals surface area contributed by atoms with Gasteiger partial charge in [0.05, 0.1) is 5.75 Å². The smallest absolute Gasteiger partial charge is 0.358 e. The Bertz CT molecular complexity index is 358. The Morgan fingerprint density at radius 1 is 1.71 bits per heavy atom. The maximum absolute atomic E-state index is 11.4. The molecule has 0 bridgehead atoms. The van der Waals surface area contributed by atoms with E-state index in [-0.39, 0.29) is 16.7 Å². The SMILES string of the molecule is CC(C)S(=O)Cc1cc(C(=O)O)no1. The highest BCUT2D eigenvalue weighted by atomic mass is 32.2. The van der Waals surface area contributed by atoms with E-state index in [9.17, 15) is 9.00 Å². The Hall–Kier alpha value is -1.17. The van der Waals surface area contributed by atoms with Gasteiger partial charge in [-0.1, -0.05) is 19.0 Å². The lowest BCUT2D eigenvalue weighted by Crippen LogP contribution is -2.07. The number of carbonyl (C=O) groups is 1. The van der Waals surface area contributed by atoms with Gasteiger partial charge in [0.15, 0.2) is 5.69 Å². The zero-order valence-electron chi connectivity index (χ0n) is 7.89. The standard InChI is InChI=1S/C8H11NO4S/c1-5(2)14(12)4-6-3-7(8(10)11)9-13-6/h3,5H,4H2,1-2H3,(H,10,11). The van der Waals surface area contributed by atoms with Crippen LogP contribution in [-0.2, 0) is 16.6 Å². The molecule has 1 N–H and O–H groups in total. The number of aromatic carboxylic acids is 1. The van der Waals surface area contributed by atoms with Crippen LogP contribution >= 0.6 is 0 Å². The van der Waals surface area contributed by atoms with Crippen LogP contribution in [-0.4, -0.2) is 25.7 Å². The summed E-state index contributed by atoms with van der Waals surface area (Å²) in [5.74, 6) is -0.595. The van der Waals surface area contributed by atoms with E-state index in [0.717, 1.165) is 0 Å². The van der Waals surface area contributed by atoms with Crippen LogP contribution in [0.4, 0.5) is 0 Å². The Kier molecular flexibility index (Phi) is 3.40. The number of rotatable bonds is 4. The van der Waals surface area contributed by atoms with E-state index >= 15 is 0 Å². The van der Waals surface area contributed by atoms with Crippen molar-refractivity contribution >= 4 is 16.8 Å². The molecule has 1 unspecified atom stereocenters. The average Bonchev–Trinajstić information content (AvgIpc) is 2.52. The van der Waals surface area contributed by atoms with Gasteiger partial charge in [-0.3, -0.25) is 4.21 Å². The lowest BCUT2D eigenvalue weighted by Gasteiger charge is -2.00. The van der Waals surface area contributed by atoms with Crippen molar-refractivity contribution in [3.05, 3.63) is 17.5 Å². The molecular formula is C8H11NO4S. The third-order valence-electron chi connectivity index (χ3n) is 1.59. The highest BCUT2D eigenvalue weighted by Gasteiger charge is 2.14. The molecule has 1 aromatic rings. The van der Waals surface area contributed by atoms with E-state index in [2.05, 4.69) is 5.16 Å². The molecule has 0 aliphatic carbocycles. The van der Waals surface area contributed by atoms with Gasteiger partial charge in [0, 0.05) is 22.1 Å². The third-order valence-corrected chi connectivity index (χ3v) is 3.21. The molecule has 6 heteroatoms. The first-order chi connectivity index (χ1) is 6.50. The molecule has 1 heterocycles. The molecule has 1 aromatic heterocycles. The fourth-order valence-corrected chi connectivity index (χ4v) is 1.54. The second-order valence-corrected chi connectivity index (χ2v) is 5.05. The van der Waals surface area contributed by atoms with Crippen LogP contribution in [0.5, 0.6) is 0 Å². The molecule has 0 aromatic carbocycles. The van der Waals surface area contributed by atoms with Crippen LogP contribution < -0.4 is 0 Å². The van der Waals surface area contributed by atoms with E-state index in [0.29, 0.717) is 5.76 Å². The molecule has 0 fully saturated rings. The summed E-state index contributed by atoms with van der Waals surface area (Å²) < 4.78 is 16.1. The van der Waals surface area contributed by atoms with Gasteiger partial charge in [-0.15, -0.1) is 0 Å². The second kappa shape index (κ2) is 4.36. The summed E-state index contributed by atoms with van der Waals surface area (Å²) in [6.45, 7) is 3.65. The lowest BCUT2D eigenvalue weighted by atomic mass is 10.4. The van der Waals surface area contributed by atoms with Crippen LogP contribution in [0, 0.1) is 0 Å². The largest absolute Gasteiger partial charge is 0.476 e. The lowest BCUT2D eigenvalue weighted by molar-refractivity contribution is 0.0685. The van der Waals surface area contributed by atoms with Gasteiger partial charge in [0.25, 0.3) is 0 Å². The van der Waals surface area contributed by atoms with Crippen molar-refractivity contribution in [2.75, 3.05) is 0 Å². The molecule has 5 nitrogen and oxygen atoms in total. The molecule has 14 heavy (non-hydrogen) atoms. The van der Waals surface area contributed by atoms with Crippen LogP contribution in [0.3, 0.4) is 0 Å². The fraction of sp³-hybridized carbons (Fsp3) is 0.500. The Morgan fingerprint density at radius 2 is 2.36 bits per heavy atom. The number of nitrogens with zero attached hydrogens (tertiary/aromatic N) is 1. The molecule has 1 atom stereocenters. The van der Waals surface area contributed by atoms with Crippen LogP contribution in [0.2, 0.25) is 0 Å².